The summed E-state index contributed by atoms with van der Waals surface area (Å²) in [7, 11) is -3.62. The first-order valence-electron chi connectivity index (χ1n) is 8.72. The van der Waals surface area contributed by atoms with Crippen molar-refractivity contribution in [2.24, 2.45) is 0 Å². The summed E-state index contributed by atoms with van der Waals surface area (Å²) in [6.45, 7) is 5.01. The Kier molecular flexibility index (Phi) is 6.32. The van der Waals surface area contributed by atoms with Gasteiger partial charge in [0.15, 0.2) is 0 Å². The molecule has 2 aromatic carbocycles. The fourth-order valence-electron chi connectivity index (χ4n) is 3.48. The maximum Gasteiger partial charge on any atom is 0.241 e. The summed E-state index contributed by atoms with van der Waals surface area (Å²) in [4.78, 5) is 1.55. The molecule has 2 aromatic rings. The van der Waals surface area contributed by atoms with E-state index in [1.54, 1.807) is 12.1 Å². The van der Waals surface area contributed by atoms with Gasteiger partial charge in [0.2, 0.25) is 10.0 Å². The molecule has 2 atom stereocenters. The van der Waals surface area contributed by atoms with Crippen molar-refractivity contribution in [1.29, 1.82) is 0 Å². The second-order valence-corrected chi connectivity index (χ2v) is 8.67. The molecule has 0 bridgehead atoms. The highest BCUT2D eigenvalue weighted by atomic mass is 35.5. The van der Waals surface area contributed by atoms with E-state index in [0.29, 0.717) is 18.2 Å². The van der Waals surface area contributed by atoms with Gasteiger partial charge in [-0.25, -0.2) is 13.1 Å². The molecule has 140 valence electrons. The number of hydrogen-bond acceptors (Lipinski definition) is 3. The van der Waals surface area contributed by atoms with E-state index in [1.807, 2.05) is 25.1 Å². The number of morpholine rings is 1. The van der Waals surface area contributed by atoms with Crippen LogP contribution in [-0.4, -0.2) is 40.8 Å². The van der Waals surface area contributed by atoms with E-state index in [9.17, 15) is 8.42 Å². The van der Waals surface area contributed by atoms with Crippen LogP contribution in [0.5, 0.6) is 0 Å². The van der Waals surface area contributed by atoms with Crippen LogP contribution in [0.3, 0.4) is 0 Å². The van der Waals surface area contributed by atoms with E-state index in [-0.39, 0.29) is 17.0 Å². The number of benzene rings is 2. The molecule has 7 heteroatoms. The Hall–Kier alpha value is -1.44. The lowest BCUT2D eigenvalue weighted by molar-refractivity contribution is -0.940. The Labute approximate surface area is 160 Å². The van der Waals surface area contributed by atoms with Crippen LogP contribution >= 0.6 is 11.6 Å². The van der Waals surface area contributed by atoms with Crippen LogP contribution < -0.4 is 9.62 Å². The van der Waals surface area contributed by atoms with Crippen molar-refractivity contribution in [2.75, 3.05) is 26.3 Å². The first-order valence-corrected chi connectivity index (χ1v) is 10.6. The molecule has 1 fully saturated rings. The lowest BCUT2D eigenvalue weighted by Crippen LogP contribution is -3.15. The highest BCUT2D eigenvalue weighted by Gasteiger charge is 2.33. The van der Waals surface area contributed by atoms with Gasteiger partial charge in [-0.1, -0.05) is 41.9 Å². The van der Waals surface area contributed by atoms with Crippen LogP contribution in [0.1, 0.15) is 18.5 Å². The van der Waals surface area contributed by atoms with Crippen molar-refractivity contribution in [3.8, 4) is 0 Å². The fraction of sp³-hybridized carbons (Fsp3) is 0.368. The monoisotopic (exact) mass is 395 g/mol. The number of nitrogens with one attached hydrogen (secondary N) is 2. The molecule has 0 radical (unpaired) electrons. The zero-order valence-corrected chi connectivity index (χ0v) is 16.3. The van der Waals surface area contributed by atoms with Crippen molar-refractivity contribution >= 4 is 21.6 Å². The standard InChI is InChI=1S/C19H23ClN2O3S/c1-15(21-26(23,24)18-9-7-17(20)8-10-18)19(16-5-3-2-4-6-16)22-11-13-25-14-12-22/h2-10,15,19,21H,11-14H2,1H3/p+1/t15-,19+/m1/s1. The van der Waals surface area contributed by atoms with E-state index in [0.717, 1.165) is 18.7 Å². The Balaban J connectivity index is 1.85. The Morgan fingerprint density at radius 2 is 1.65 bits per heavy atom. The zero-order valence-electron chi connectivity index (χ0n) is 14.7. The smallest absolute Gasteiger partial charge is 0.241 e. The van der Waals surface area contributed by atoms with Gasteiger partial charge in [-0.3, -0.25) is 0 Å². The summed E-state index contributed by atoms with van der Waals surface area (Å²) in [5.41, 5.74) is 1.12. The molecule has 0 saturated carbocycles. The summed E-state index contributed by atoms with van der Waals surface area (Å²) in [6.07, 6.45) is 0. The summed E-state index contributed by atoms with van der Waals surface area (Å²) < 4.78 is 33.9. The molecule has 0 unspecified atom stereocenters. The van der Waals surface area contributed by atoms with Gasteiger partial charge in [-0.05, 0) is 31.2 Å². The molecule has 1 saturated heterocycles. The average Bonchev–Trinajstić information content (AvgIpc) is 2.63. The molecular formula is C19H24ClN2O3S+. The molecule has 0 spiro atoms. The lowest BCUT2D eigenvalue weighted by atomic mass is 9.99. The van der Waals surface area contributed by atoms with Gasteiger partial charge < -0.3 is 9.64 Å². The minimum Gasteiger partial charge on any atom is -0.370 e. The Morgan fingerprint density at radius 3 is 2.27 bits per heavy atom. The number of rotatable bonds is 6. The average molecular weight is 396 g/mol. The normalized spacial score (nSPS) is 18.4. The number of halogens is 1. The van der Waals surface area contributed by atoms with Crippen molar-refractivity contribution in [1.82, 2.24) is 4.72 Å². The largest absolute Gasteiger partial charge is 0.370 e. The van der Waals surface area contributed by atoms with E-state index in [1.165, 1.54) is 17.0 Å². The topological polar surface area (TPSA) is 59.8 Å². The SMILES string of the molecule is C[C@@H](NS(=O)(=O)c1ccc(Cl)cc1)[C@@H](c1ccccc1)[NH+]1CCOCC1. The quantitative estimate of drug-likeness (QED) is 0.782. The maximum absolute atomic E-state index is 12.8. The molecular weight excluding hydrogens is 372 g/mol. The lowest BCUT2D eigenvalue weighted by Gasteiger charge is -2.35. The predicted octanol–water partition coefficient (Wildman–Crippen LogP) is 1.66. The third kappa shape index (κ3) is 4.64. The molecule has 3 rings (SSSR count). The zero-order chi connectivity index (χ0) is 18.6. The maximum atomic E-state index is 12.8. The van der Waals surface area contributed by atoms with Crippen molar-refractivity contribution in [2.45, 2.75) is 23.9 Å². The second-order valence-electron chi connectivity index (χ2n) is 6.52. The molecule has 26 heavy (non-hydrogen) atoms. The number of ether oxygens (including phenoxy) is 1. The van der Waals surface area contributed by atoms with Crippen LogP contribution in [-0.2, 0) is 14.8 Å². The van der Waals surface area contributed by atoms with Gasteiger partial charge >= 0.3 is 0 Å². The van der Waals surface area contributed by atoms with Crippen LogP contribution in [0.2, 0.25) is 5.02 Å². The Morgan fingerprint density at radius 1 is 1.04 bits per heavy atom. The van der Waals surface area contributed by atoms with Gasteiger partial charge in [0.1, 0.15) is 19.1 Å². The predicted molar refractivity (Wildman–Crippen MR) is 102 cm³/mol. The van der Waals surface area contributed by atoms with Gasteiger partial charge in [-0.2, -0.15) is 0 Å². The Bertz CT molecular complexity index is 806. The van der Waals surface area contributed by atoms with Crippen molar-refractivity contribution in [3.05, 3.63) is 65.2 Å². The number of hydrogen-bond donors (Lipinski definition) is 2. The molecule has 0 amide bonds. The highest BCUT2D eigenvalue weighted by Crippen LogP contribution is 2.18. The van der Waals surface area contributed by atoms with Crippen molar-refractivity contribution < 1.29 is 18.1 Å². The second kappa shape index (κ2) is 8.50. The van der Waals surface area contributed by atoms with Gasteiger partial charge in [0.25, 0.3) is 0 Å². The van der Waals surface area contributed by atoms with Crippen LogP contribution in [0.15, 0.2) is 59.5 Å². The first kappa shape index (κ1) is 19.3. The first-order chi connectivity index (χ1) is 12.5. The van der Waals surface area contributed by atoms with E-state index in [2.05, 4.69) is 16.9 Å². The number of sulfonamides is 1. The minimum absolute atomic E-state index is 0.0159. The third-order valence-electron chi connectivity index (χ3n) is 4.70. The molecule has 2 N–H and O–H groups in total. The van der Waals surface area contributed by atoms with E-state index in [4.69, 9.17) is 16.3 Å². The molecule has 0 aromatic heterocycles. The van der Waals surface area contributed by atoms with Crippen LogP contribution in [0, 0.1) is 0 Å². The highest BCUT2D eigenvalue weighted by molar-refractivity contribution is 7.89. The molecule has 1 aliphatic rings. The van der Waals surface area contributed by atoms with Gasteiger partial charge in [-0.15, -0.1) is 0 Å². The fourth-order valence-corrected chi connectivity index (χ4v) is 4.86. The molecule has 1 aliphatic heterocycles. The minimum atomic E-state index is -3.62. The van der Waals surface area contributed by atoms with Crippen LogP contribution in [0.4, 0.5) is 0 Å². The summed E-state index contributed by atoms with van der Waals surface area (Å²) >= 11 is 5.87. The van der Waals surface area contributed by atoms with Crippen molar-refractivity contribution in [3.63, 3.8) is 0 Å². The van der Waals surface area contributed by atoms with Crippen LogP contribution in [0.25, 0.3) is 0 Å². The molecule has 5 nitrogen and oxygen atoms in total. The van der Waals surface area contributed by atoms with E-state index >= 15 is 0 Å². The third-order valence-corrected chi connectivity index (χ3v) is 6.53. The summed E-state index contributed by atoms with van der Waals surface area (Å²) in [5, 5.41) is 0.511. The molecule has 0 aliphatic carbocycles. The summed E-state index contributed by atoms with van der Waals surface area (Å²) in [6, 6.07) is 16.0. The number of quaternary nitrogens is 1. The molecule has 1 heterocycles. The van der Waals surface area contributed by atoms with E-state index < -0.39 is 10.0 Å². The van der Waals surface area contributed by atoms with Gasteiger partial charge in [0, 0.05) is 10.6 Å². The van der Waals surface area contributed by atoms with Gasteiger partial charge in [0.05, 0.1) is 24.2 Å². The summed E-state index contributed by atoms with van der Waals surface area (Å²) in [5.74, 6) is 0.